The molecule has 4 rings (SSSR count). The first kappa shape index (κ1) is 24.3. The molecule has 0 aliphatic heterocycles. The first-order valence-corrected chi connectivity index (χ1v) is 11.0. The highest BCUT2D eigenvalue weighted by molar-refractivity contribution is 7.88. The van der Waals surface area contributed by atoms with E-state index in [1.807, 2.05) is 0 Å². The van der Waals surface area contributed by atoms with Gasteiger partial charge in [-0.05, 0) is 53.6 Å². The Labute approximate surface area is 194 Å². The molecule has 6 nitrogen and oxygen atoms in total. The number of alkyl halides is 6. The highest BCUT2D eigenvalue weighted by Crippen LogP contribution is 2.36. The molecule has 0 spiro atoms. The fourth-order valence-corrected chi connectivity index (χ4v) is 3.64. The van der Waals surface area contributed by atoms with Crippen molar-refractivity contribution < 1.29 is 38.9 Å². The van der Waals surface area contributed by atoms with Crippen LogP contribution in [0.5, 0.6) is 5.75 Å². The third-order valence-electron chi connectivity index (χ3n) is 4.73. The second-order valence-corrected chi connectivity index (χ2v) is 8.74. The summed E-state index contributed by atoms with van der Waals surface area (Å²) in [6.45, 7) is 0. The fourth-order valence-electron chi connectivity index (χ4n) is 3.18. The van der Waals surface area contributed by atoms with E-state index in [1.165, 1.54) is 30.5 Å². The van der Waals surface area contributed by atoms with Crippen molar-refractivity contribution in [1.82, 2.24) is 9.97 Å². The summed E-state index contributed by atoms with van der Waals surface area (Å²) in [5.74, 6) is -0.659. The number of fused-ring (bicyclic) bond motifs is 1. The van der Waals surface area contributed by atoms with Gasteiger partial charge in [0.2, 0.25) is 0 Å². The SMILES string of the molecule is O=S(=O)(Oc1cc(-c2cccc(Nc3cccc(C(F)(F)F)c3)c2)cc2cncnc12)C(F)(F)F. The Kier molecular flexibility index (Phi) is 6.05. The summed E-state index contributed by atoms with van der Waals surface area (Å²) in [7, 11) is -5.97. The number of halogens is 6. The lowest BCUT2D eigenvalue weighted by molar-refractivity contribution is -0.137. The van der Waals surface area contributed by atoms with Gasteiger partial charge in [0.1, 0.15) is 11.8 Å². The maximum Gasteiger partial charge on any atom is 0.534 e. The Balaban J connectivity index is 1.73. The molecule has 0 atom stereocenters. The molecule has 1 heterocycles. The largest absolute Gasteiger partial charge is 0.534 e. The second-order valence-electron chi connectivity index (χ2n) is 7.20. The van der Waals surface area contributed by atoms with Gasteiger partial charge in [0, 0.05) is 23.0 Å². The van der Waals surface area contributed by atoms with E-state index >= 15 is 0 Å². The molecule has 4 aromatic rings. The first-order chi connectivity index (χ1) is 16.3. The molecule has 1 N–H and O–H groups in total. The summed E-state index contributed by atoms with van der Waals surface area (Å²) in [6, 6.07) is 13.3. The number of nitrogens with zero attached hydrogens (tertiary/aromatic N) is 2. The topological polar surface area (TPSA) is 81.2 Å². The summed E-state index contributed by atoms with van der Waals surface area (Å²) < 4.78 is 105. The molecule has 0 saturated carbocycles. The third kappa shape index (κ3) is 5.29. The van der Waals surface area contributed by atoms with E-state index in [1.54, 1.807) is 18.2 Å². The van der Waals surface area contributed by atoms with E-state index in [0.717, 1.165) is 24.5 Å². The highest BCUT2D eigenvalue weighted by atomic mass is 32.2. The Morgan fingerprint density at radius 1 is 0.829 bits per heavy atom. The number of hydrogen-bond acceptors (Lipinski definition) is 6. The van der Waals surface area contributed by atoms with Crippen molar-refractivity contribution >= 4 is 32.4 Å². The minimum absolute atomic E-state index is 0.157. The van der Waals surface area contributed by atoms with Crippen LogP contribution < -0.4 is 9.50 Å². The average molecular weight is 513 g/mol. The quantitative estimate of drug-likeness (QED) is 0.192. The summed E-state index contributed by atoms with van der Waals surface area (Å²) in [5.41, 5.74) is -5.47. The average Bonchev–Trinajstić information content (AvgIpc) is 2.78. The molecular weight excluding hydrogens is 500 g/mol. The number of anilines is 2. The Morgan fingerprint density at radius 3 is 2.20 bits per heavy atom. The molecule has 0 aliphatic rings. The molecule has 0 bridgehead atoms. The van der Waals surface area contributed by atoms with Crippen LogP contribution in [-0.4, -0.2) is 23.9 Å². The van der Waals surface area contributed by atoms with Crippen molar-refractivity contribution in [3.05, 3.63) is 78.8 Å². The summed E-state index contributed by atoms with van der Waals surface area (Å²) in [4.78, 5) is 7.60. The smallest absolute Gasteiger partial charge is 0.374 e. The normalized spacial score (nSPS) is 12.5. The minimum Gasteiger partial charge on any atom is -0.374 e. The summed E-state index contributed by atoms with van der Waals surface area (Å²) >= 11 is 0. The molecule has 0 saturated heterocycles. The van der Waals surface area contributed by atoms with Crippen molar-refractivity contribution in [3.8, 4) is 16.9 Å². The van der Waals surface area contributed by atoms with Crippen LogP contribution in [0.4, 0.5) is 37.7 Å². The van der Waals surface area contributed by atoms with Crippen molar-refractivity contribution in [2.75, 3.05) is 5.32 Å². The molecule has 13 heteroatoms. The molecule has 0 fully saturated rings. The highest BCUT2D eigenvalue weighted by Gasteiger charge is 2.48. The van der Waals surface area contributed by atoms with Gasteiger partial charge in [0.25, 0.3) is 0 Å². The lowest BCUT2D eigenvalue weighted by Crippen LogP contribution is -2.28. The predicted molar refractivity (Wildman–Crippen MR) is 115 cm³/mol. The lowest BCUT2D eigenvalue weighted by Gasteiger charge is -2.14. The van der Waals surface area contributed by atoms with E-state index in [4.69, 9.17) is 0 Å². The molecule has 0 radical (unpaired) electrons. The van der Waals surface area contributed by atoms with Crippen LogP contribution >= 0.6 is 0 Å². The maximum absolute atomic E-state index is 13.0. The Hall–Kier alpha value is -3.87. The third-order valence-corrected chi connectivity index (χ3v) is 5.69. The Bertz CT molecular complexity index is 1500. The zero-order valence-corrected chi connectivity index (χ0v) is 18.0. The molecule has 182 valence electrons. The number of aromatic nitrogens is 2. The standard InChI is InChI=1S/C22H13F6N3O3S/c23-21(24,25)16-4-2-6-18(10-16)31-17-5-1-3-13(8-17)14-7-15-11-29-12-30-20(15)19(9-14)34-35(32,33)22(26,27)28/h1-12,31H. The van der Waals surface area contributed by atoms with Crippen molar-refractivity contribution in [2.45, 2.75) is 11.7 Å². The van der Waals surface area contributed by atoms with Crippen LogP contribution in [0.1, 0.15) is 5.56 Å². The molecular formula is C22H13F6N3O3S. The van der Waals surface area contributed by atoms with E-state index in [2.05, 4.69) is 19.5 Å². The summed E-state index contributed by atoms with van der Waals surface area (Å²) in [5, 5.41) is 3.04. The zero-order chi connectivity index (χ0) is 25.4. The van der Waals surface area contributed by atoms with Gasteiger partial charge in [-0.2, -0.15) is 34.8 Å². The van der Waals surface area contributed by atoms with Crippen LogP contribution in [0.25, 0.3) is 22.0 Å². The van der Waals surface area contributed by atoms with Gasteiger partial charge in [0.15, 0.2) is 5.75 Å². The maximum atomic E-state index is 13.0. The molecule has 3 aromatic carbocycles. The van der Waals surface area contributed by atoms with Gasteiger partial charge in [0.05, 0.1) is 5.56 Å². The lowest BCUT2D eigenvalue weighted by atomic mass is 10.0. The zero-order valence-electron chi connectivity index (χ0n) is 17.2. The van der Waals surface area contributed by atoms with Gasteiger partial charge in [-0.1, -0.05) is 18.2 Å². The molecule has 1 aromatic heterocycles. The van der Waals surface area contributed by atoms with E-state index in [9.17, 15) is 34.8 Å². The molecule has 0 amide bonds. The van der Waals surface area contributed by atoms with Crippen LogP contribution in [0.15, 0.2) is 73.2 Å². The van der Waals surface area contributed by atoms with Gasteiger partial charge in [-0.3, -0.25) is 0 Å². The fraction of sp³-hybridized carbons (Fsp3) is 0.0909. The van der Waals surface area contributed by atoms with E-state index < -0.39 is 33.1 Å². The molecule has 35 heavy (non-hydrogen) atoms. The predicted octanol–water partition coefficient (Wildman–Crippen LogP) is 6.29. The number of rotatable bonds is 5. The van der Waals surface area contributed by atoms with Crippen molar-refractivity contribution in [2.24, 2.45) is 0 Å². The minimum atomic E-state index is -5.97. The molecule has 0 aliphatic carbocycles. The van der Waals surface area contributed by atoms with Gasteiger partial charge >= 0.3 is 21.8 Å². The van der Waals surface area contributed by atoms with Gasteiger partial charge in [-0.15, -0.1) is 0 Å². The van der Waals surface area contributed by atoms with E-state index in [0.29, 0.717) is 11.3 Å². The van der Waals surface area contributed by atoms with Crippen LogP contribution in [0.2, 0.25) is 0 Å². The van der Waals surface area contributed by atoms with Crippen LogP contribution in [0, 0.1) is 0 Å². The molecule has 0 unspecified atom stereocenters. The summed E-state index contributed by atoms with van der Waals surface area (Å²) in [6.07, 6.45) is -2.24. The van der Waals surface area contributed by atoms with Crippen LogP contribution in [0.3, 0.4) is 0 Å². The van der Waals surface area contributed by atoms with Gasteiger partial charge < -0.3 is 9.50 Å². The number of nitrogens with one attached hydrogen (secondary N) is 1. The monoisotopic (exact) mass is 513 g/mol. The first-order valence-electron chi connectivity index (χ1n) is 9.63. The van der Waals surface area contributed by atoms with Crippen molar-refractivity contribution in [1.29, 1.82) is 0 Å². The number of hydrogen-bond donors (Lipinski definition) is 1. The van der Waals surface area contributed by atoms with Crippen molar-refractivity contribution in [3.63, 3.8) is 0 Å². The van der Waals surface area contributed by atoms with Gasteiger partial charge in [-0.25, -0.2) is 9.97 Å². The number of benzene rings is 3. The Morgan fingerprint density at radius 2 is 1.51 bits per heavy atom. The van der Waals surface area contributed by atoms with Crippen LogP contribution in [-0.2, 0) is 16.3 Å². The second kappa shape index (κ2) is 8.73. The van der Waals surface area contributed by atoms with E-state index in [-0.39, 0.29) is 22.2 Å².